The number of rotatable bonds is 5. The summed E-state index contributed by atoms with van der Waals surface area (Å²) in [5.41, 5.74) is -0.229. The van der Waals surface area contributed by atoms with Crippen molar-refractivity contribution in [2.45, 2.75) is 6.18 Å². The minimum absolute atomic E-state index is 0.0387. The van der Waals surface area contributed by atoms with Gasteiger partial charge in [-0.3, -0.25) is 9.69 Å². The van der Waals surface area contributed by atoms with Gasteiger partial charge in [-0.1, -0.05) is 42.2 Å². The minimum Gasteiger partial charge on any atom is -0.546 e. The number of benzene rings is 2. The first-order valence-corrected chi connectivity index (χ1v) is 9.25. The van der Waals surface area contributed by atoms with Crippen molar-refractivity contribution in [3.8, 4) is 5.75 Å². The highest BCUT2D eigenvalue weighted by molar-refractivity contribution is 8.27. The van der Waals surface area contributed by atoms with E-state index >= 15 is 0 Å². The minimum atomic E-state index is -4.53. The van der Waals surface area contributed by atoms with Crippen LogP contribution in [0.25, 0.3) is 6.08 Å². The second-order valence-electron chi connectivity index (χ2n) is 5.79. The molecule has 0 aromatic heterocycles. The van der Waals surface area contributed by atoms with E-state index in [-0.39, 0.29) is 14.9 Å². The van der Waals surface area contributed by atoms with Crippen LogP contribution in [0.2, 0.25) is 0 Å². The fourth-order valence-electron chi connectivity index (χ4n) is 2.47. The third-order valence-corrected chi connectivity index (χ3v) is 5.06. The van der Waals surface area contributed by atoms with Gasteiger partial charge in [-0.15, -0.1) is 0 Å². The second-order valence-corrected chi connectivity index (χ2v) is 7.47. The van der Waals surface area contributed by atoms with Crippen LogP contribution in [0.1, 0.15) is 11.1 Å². The number of amides is 1. The van der Waals surface area contributed by atoms with Gasteiger partial charge in [0, 0.05) is 0 Å². The van der Waals surface area contributed by atoms with E-state index < -0.39 is 30.2 Å². The monoisotopic (exact) mass is 438 g/mol. The lowest BCUT2D eigenvalue weighted by molar-refractivity contribution is -0.307. The molecule has 0 saturated carbocycles. The Labute approximate surface area is 172 Å². The number of anilines is 1. The van der Waals surface area contributed by atoms with Crippen molar-refractivity contribution in [3.63, 3.8) is 0 Å². The van der Waals surface area contributed by atoms with E-state index in [1.807, 2.05) is 0 Å². The Balaban J connectivity index is 1.81. The van der Waals surface area contributed by atoms with Crippen LogP contribution in [-0.2, 0) is 15.8 Å². The van der Waals surface area contributed by atoms with Crippen LogP contribution in [0.5, 0.6) is 5.75 Å². The highest BCUT2D eigenvalue weighted by Crippen LogP contribution is 2.38. The van der Waals surface area contributed by atoms with Crippen molar-refractivity contribution in [1.82, 2.24) is 0 Å². The molecule has 2 aromatic carbocycles. The van der Waals surface area contributed by atoms with E-state index in [0.717, 1.165) is 28.8 Å². The number of alkyl halides is 3. The standard InChI is InChI=1S/C19H12F3NO4S2/c20-19(21,22)12-2-1-3-13(9-12)23-17(26)15(29-18(23)28)8-11-4-6-14(7-5-11)27-10-16(24)25/h1-9H,10H2,(H,24,25)/p-1/b15-8+. The van der Waals surface area contributed by atoms with Gasteiger partial charge in [0.15, 0.2) is 4.32 Å². The summed E-state index contributed by atoms with van der Waals surface area (Å²) < 4.78 is 43.9. The summed E-state index contributed by atoms with van der Waals surface area (Å²) in [4.78, 5) is 24.4. The maximum atomic E-state index is 12.9. The van der Waals surface area contributed by atoms with Crippen molar-refractivity contribution >= 4 is 51.9 Å². The highest BCUT2D eigenvalue weighted by Gasteiger charge is 2.36. The number of thioether (sulfide) groups is 1. The Hall–Kier alpha value is -2.85. The van der Waals surface area contributed by atoms with E-state index in [1.54, 1.807) is 12.1 Å². The summed E-state index contributed by atoms with van der Waals surface area (Å²) in [6.07, 6.45) is -3.00. The zero-order valence-electron chi connectivity index (χ0n) is 14.4. The fraction of sp³-hybridized carbons (Fsp3) is 0.105. The summed E-state index contributed by atoms with van der Waals surface area (Å²) in [6, 6.07) is 10.6. The number of halogens is 3. The quantitative estimate of drug-likeness (QED) is 0.527. The fourth-order valence-corrected chi connectivity index (χ4v) is 3.76. The number of carboxylic acids is 1. The summed E-state index contributed by atoms with van der Waals surface area (Å²) in [6.45, 7) is -0.588. The Kier molecular flexibility index (Phi) is 5.94. The lowest BCUT2D eigenvalue weighted by atomic mass is 10.1. The maximum absolute atomic E-state index is 12.9. The first-order chi connectivity index (χ1) is 13.6. The van der Waals surface area contributed by atoms with Crippen molar-refractivity contribution in [2.75, 3.05) is 11.5 Å². The molecule has 150 valence electrons. The van der Waals surface area contributed by atoms with Crippen LogP contribution >= 0.6 is 24.0 Å². The molecule has 0 bridgehead atoms. The predicted molar refractivity (Wildman–Crippen MR) is 104 cm³/mol. The number of carbonyl (C=O) groups excluding carboxylic acids is 2. The first kappa shape index (κ1) is 20.9. The van der Waals surface area contributed by atoms with Gasteiger partial charge in [0.1, 0.15) is 12.4 Å². The first-order valence-electron chi connectivity index (χ1n) is 8.03. The molecule has 1 amide bonds. The average molecular weight is 438 g/mol. The molecule has 1 fully saturated rings. The van der Waals surface area contributed by atoms with E-state index in [1.165, 1.54) is 30.3 Å². The lowest BCUT2D eigenvalue weighted by Gasteiger charge is -2.16. The normalized spacial score (nSPS) is 15.8. The number of carboxylic acid groups (broad SMARTS) is 1. The van der Waals surface area contributed by atoms with E-state index in [4.69, 9.17) is 17.0 Å². The van der Waals surface area contributed by atoms with Gasteiger partial charge >= 0.3 is 6.18 Å². The molecule has 0 unspecified atom stereocenters. The van der Waals surface area contributed by atoms with Gasteiger partial charge < -0.3 is 14.6 Å². The van der Waals surface area contributed by atoms with E-state index in [0.29, 0.717) is 11.3 Å². The molecule has 0 aliphatic carbocycles. The molecule has 1 aliphatic heterocycles. The number of aliphatic carboxylic acids is 1. The molecule has 0 spiro atoms. The topological polar surface area (TPSA) is 69.7 Å². The third kappa shape index (κ3) is 4.96. The lowest BCUT2D eigenvalue weighted by Crippen LogP contribution is -2.28. The molecular weight excluding hydrogens is 427 g/mol. The van der Waals surface area contributed by atoms with Crippen LogP contribution in [0.3, 0.4) is 0 Å². The van der Waals surface area contributed by atoms with Crippen LogP contribution in [-0.4, -0.2) is 22.8 Å². The van der Waals surface area contributed by atoms with Crippen LogP contribution in [0.15, 0.2) is 53.4 Å². The Morgan fingerprint density at radius 3 is 2.52 bits per heavy atom. The number of hydrogen-bond donors (Lipinski definition) is 0. The van der Waals surface area contributed by atoms with Gasteiger partial charge in [0.25, 0.3) is 5.91 Å². The molecule has 0 radical (unpaired) electrons. The van der Waals surface area contributed by atoms with Crippen molar-refractivity contribution in [1.29, 1.82) is 0 Å². The zero-order valence-corrected chi connectivity index (χ0v) is 16.1. The summed E-state index contributed by atoms with van der Waals surface area (Å²) in [5.74, 6) is -1.58. The van der Waals surface area contributed by atoms with Crippen LogP contribution in [0, 0.1) is 0 Å². The molecule has 5 nitrogen and oxygen atoms in total. The molecule has 3 rings (SSSR count). The molecule has 2 aromatic rings. The van der Waals surface area contributed by atoms with Gasteiger partial charge in [-0.25, -0.2) is 0 Å². The van der Waals surface area contributed by atoms with Gasteiger partial charge in [-0.05, 0) is 42.0 Å². The molecule has 1 saturated heterocycles. The van der Waals surface area contributed by atoms with Crippen molar-refractivity contribution < 1.29 is 32.6 Å². The zero-order chi connectivity index (χ0) is 21.2. The van der Waals surface area contributed by atoms with Gasteiger partial charge in [-0.2, -0.15) is 13.2 Å². The Bertz CT molecular complexity index is 1000. The Morgan fingerprint density at radius 2 is 1.90 bits per heavy atom. The molecule has 10 heteroatoms. The van der Waals surface area contributed by atoms with Crippen molar-refractivity contribution in [3.05, 3.63) is 64.6 Å². The SMILES string of the molecule is O=C([O-])COc1ccc(/C=C2/SC(=S)N(c3cccc(C(F)(F)F)c3)C2=O)cc1. The largest absolute Gasteiger partial charge is 0.546 e. The number of nitrogens with zero attached hydrogens (tertiary/aromatic N) is 1. The molecule has 1 aliphatic rings. The van der Waals surface area contributed by atoms with Crippen molar-refractivity contribution in [2.24, 2.45) is 0 Å². The highest BCUT2D eigenvalue weighted by atomic mass is 32.2. The van der Waals surface area contributed by atoms with Crippen LogP contribution < -0.4 is 14.7 Å². The van der Waals surface area contributed by atoms with E-state index in [2.05, 4.69) is 0 Å². The van der Waals surface area contributed by atoms with Gasteiger partial charge in [0.05, 0.1) is 22.1 Å². The number of thiocarbonyl (C=S) groups is 1. The predicted octanol–water partition coefficient (Wildman–Crippen LogP) is 3.24. The van der Waals surface area contributed by atoms with Gasteiger partial charge in [0.2, 0.25) is 0 Å². The second kappa shape index (κ2) is 8.26. The summed E-state index contributed by atoms with van der Waals surface area (Å²) >= 11 is 6.15. The van der Waals surface area contributed by atoms with Crippen LogP contribution in [0.4, 0.5) is 18.9 Å². The van der Waals surface area contributed by atoms with E-state index in [9.17, 15) is 27.9 Å². The smallest absolute Gasteiger partial charge is 0.416 e. The Morgan fingerprint density at radius 1 is 1.21 bits per heavy atom. The molecule has 0 N–H and O–H groups in total. The number of hydrogen-bond acceptors (Lipinski definition) is 6. The maximum Gasteiger partial charge on any atom is 0.416 e. The number of ether oxygens (including phenoxy) is 1. The summed E-state index contributed by atoms with van der Waals surface area (Å²) in [7, 11) is 0. The summed E-state index contributed by atoms with van der Waals surface area (Å²) in [5, 5.41) is 10.4. The average Bonchev–Trinajstić information content (AvgIpc) is 2.94. The third-order valence-electron chi connectivity index (χ3n) is 3.76. The molecular formula is C19H11F3NO4S2-. The molecule has 29 heavy (non-hydrogen) atoms. The number of carbonyl (C=O) groups is 2. The molecule has 1 heterocycles. The molecule has 0 atom stereocenters.